The molecule has 21 heavy (non-hydrogen) atoms. The third-order valence-corrected chi connectivity index (χ3v) is 5.18. The molecule has 110 valence electrons. The van der Waals surface area contributed by atoms with E-state index in [1.807, 2.05) is 26.0 Å². The van der Waals surface area contributed by atoms with Crippen molar-refractivity contribution < 1.29 is 4.79 Å². The van der Waals surface area contributed by atoms with Gasteiger partial charge in [-0.3, -0.25) is 4.79 Å². The summed E-state index contributed by atoms with van der Waals surface area (Å²) in [5.74, 6) is -0.0705. The Balaban J connectivity index is 1.90. The molecule has 1 aromatic heterocycles. The highest BCUT2D eigenvalue weighted by Crippen LogP contribution is 2.36. The van der Waals surface area contributed by atoms with Gasteiger partial charge < -0.3 is 11.1 Å². The molecular weight excluding hydrogens is 280 g/mol. The van der Waals surface area contributed by atoms with E-state index >= 15 is 0 Å². The van der Waals surface area contributed by atoms with Crippen LogP contribution in [0.5, 0.6) is 0 Å². The van der Waals surface area contributed by atoms with Crippen LogP contribution in [0.15, 0.2) is 18.2 Å². The van der Waals surface area contributed by atoms with Crippen LogP contribution in [0, 0.1) is 13.8 Å². The van der Waals surface area contributed by atoms with Crippen LogP contribution >= 0.6 is 11.3 Å². The van der Waals surface area contributed by atoms with E-state index in [0.717, 1.165) is 30.5 Å². The number of thiophene rings is 1. The van der Waals surface area contributed by atoms with Gasteiger partial charge >= 0.3 is 0 Å². The predicted molar refractivity (Wildman–Crippen MR) is 89.2 cm³/mol. The summed E-state index contributed by atoms with van der Waals surface area (Å²) in [5, 5.41) is 3.68. The van der Waals surface area contributed by atoms with E-state index < -0.39 is 0 Å². The molecule has 0 spiro atoms. The maximum absolute atomic E-state index is 12.6. The van der Waals surface area contributed by atoms with E-state index in [1.54, 1.807) is 11.3 Å². The number of carbonyl (C=O) groups excluding carboxylic acids is 1. The Morgan fingerprint density at radius 2 is 2.00 bits per heavy atom. The van der Waals surface area contributed by atoms with E-state index in [9.17, 15) is 4.79 Å². The van der Waals surface area contributed by atoms with Gasteiger partial charge in [-0.25, -0.2) is 0 Å². The molecule has 0 radical (unpaired) electrons. The van der Waals surface area contributed by atoms with Gasteiger partial charge in [0.25, 0.3) is 5.91 Å². The number of benzene rings is 1. The van der Waals surface area contributed by atoms with Crippen molar-refractivity contribution >= 4 is 27.9 Å². The Hall–Kier alpha value is -1.81. The quantitative estimate of drug-likeness (QED) is 0.878. The molecule has 1 amide bonds. The molecule has 1 heterocycles. The third kappa shape index (κ3) is 2.68. The Labute approximate surface area is 129 Å². The Bertz CT molecular complexity index is 703. The Morgan fingerprint density at radius 3 is 2.76 bits per heavy atom. The molecule has 3 N–H and O–H groups in total. The highest BCUT2D eigenvalue weighted by molar-refractivity contribution is 7.16. The standard InChI is InChI=1S/C17H20N2OS/c1-10-7-8-13(11(2)9-10)19-17(20)15-12-5-3-4-6-14(12)21-16(15)18/h7-9H,3-6,18H2,1-2H3,(H,19,20). The van der Waals surface area contributed by atoms with Gasteiger partial charge in [0.2, 0.25) is 0 Å². The van der Waals surface area contributed by atoms with Crippen molar-refractivity contribution in [3.8, 4) is 0 Å². The molecule has 0 saturated carbocycles. The second kappa shape index (κ2) is 5.53. The monoisotopic (exact) mass is 300 g/mol. The third-order valence-electron chi connectivity index (χ3n) is 4.06. The maximum Gasteiger partial charge on any atom is 0.258 e. The van der Waals surface area contributed by atoms with Gasteiger partial charge in [0, 0.05) is 10.6 Å². The summed E-state index contributed by atoms with van der Waals surface area (Å²) in [6.45, 7) is 4.06. The molecule has 1 aliphatic carbocycles. The van der Waals surface area contributed by atoms with Gasteiger partial charge in [0.1, 0.15) is 0 Å². The van der Waals surface area contributed by atoms with Gasteiger partial charge in [0.15, 0.2) is 0 Å². The maximum atomic E-state index is 12.6. The fourth-order valence-electron chi connectivity index (χ4n) is 2.97. The highest BCUT2D eigenvalue weighted by atomic mass is 32.1. The van der Waals surface area contributed by atoms with Crippen molar-refractivity contribution in [1.29, 1.82) is 0 Å². The van der Waals surface area contributed by atoms with Crippen molar-refractivity contribution in [1.82, 2.24) is 0 Å². The minimum atomic E-state index is -0.0705. The molecule has 4 heteroatoms. The molecule has 0 bridgehead atoms. The minimum Gasteiger partial charge on any atom is -0.390 e. The number of nitrogen functional groups attached to an aromatic ring is 1. The molecule has 1 aromatic carbocycles. The molecule has 3 nitrogen and oxygen atoms in total. The lowest BCUT2D eigenvalue weighted by atomic mass is 9.95. The molecule has 3 rings (SSSR count). The van der Waals surface area contributed by atoms with E-state index in [1.165, 1.54) is 22.4 Å². The van der Waals surface area contributed by atoms with Crippen LogP contribution in [0.2, 0.25) is 0 Å². The zero-order chi connectivity index (χ0) is 15.0. The highest BCUT2D eigenvalue weighted by Gasteiger charge is 2.24. The lowest BCUT2D eigenvalue weighted by molar-refractivity contribution is 0.102. The SMILES string of the molecule is Cc1ccc(NC(=O)c2c(N)sc3c2CCCC3)c(C)c1. The van der Waals surface area contributed by atoms with Crippen LogP contribution in [0.25, 0.3) is 0 Å². The van der Waals surface area contributed by atoms with Crippen molar-refractivity contribution in [2.45, 2.75) is 39.5 Å². The number of nitrogens with two attached hydrogens (primary N) is 1. The number of rotatable bonds is 2. The second-order valence-corrected chi connectivity index (χ2v) is 6.86. The lowest BCUT2D eigenvalue weighted by Gasteiger charge is -2.13. The van der Waals surface area contributed by atoms with Crippen molar-refractivity contribution in [3.05, 3.63) is 45.3 Å². The first-order valence-electron chi connectivity index (χ1n) is 7.35. The zero-order valence-electron chi connectivity index (χ0n) is 12.5. The average molecular weight is 300 g/mol. The summed E-state index contributed by atoms with van der Waals surface area (Å²) in [4.78, 5) is 13.9. The van der Waals surface area contributed by atoms with Crippen LogP contribution in [0.3, 0.4) is 0 Å². The summed E-state index contributed by atoms with van der Waals surface area (Å²) in [7, 11) is 0. The van der Waals surface area contributed by atoms with E-state index in [2.05, 4.69) is 11.4 Å². The molecule has 0 atom stereocenters. The van der Waals surface area contributed by atoms with Gasteiger partial charge in [-0.1, -0.05) is 17.7 Å². The summed E-state index contributed by atoms with van der Waals surface area (Å²) in [5.41, 5.74) is 11.1. The number of nitrogens with one attached hydrogen (secondary N) is 1. The second-order valence-electron chi connectivity index (χ2n) is 5.72. The normalized spacial score (nSPS) is 13.8. The van der Waals surface area contributed by atoms with Gasteiger partial charge in [-0.15, -0.1) is 11.3 Å². The smallest absolute Gasteiger partial charge is 0.258 e. The lowest BCUT2D eigenvalue weighted by Crippen LogP contribution is -2.16. The number of amides is 1. The minimum absolute atomic E-state index is 0.0705. The van der Waals surface area contributed by atoms with Crippen LogP contribution in [0.1, 0.15) is 44.8 Å². The van der Waals surface area contributed by atoms with E-state index in [4.69, 9.17) is 5.73 Å². The summed E-state index contributed by atoms with van der Waals surface area (Å²) >= 11 is 1.58. The van der Waals surface area contributed by atoms with Crippen molar-refractivity contribution in [2.75, 3.05) is 11.1 Å². The fraction of sp³-hybridized carbons (Fsp3) is 0.353. The molecule has 2 aromatic rings. The first-order chi connectivity index (χ1) is 10.1. The number of hydrogen-bond acceptors (Lipinski definition) is 3. The first kappa shape index (κ1) is 14.1. The van der Waals surface area contributed by atoms with Crippen LogP contribution in [-0.2, 0) is 12.8 Å². The molecule has 0 fully saturated rings. The van der Waals surface area contributed by atoms with Gasteiger partial charge in [-0.05, 0) is 56.7 Å². The molecule has 1 aliphatic rings. The predicted octanol–water partition coefficient (Wildman–Crippen LogP) is 4.08. The van der Waals surface area contributed by atoms with Crippen molar-refractivity contribution in [3.63, 3.8) is 0 Å². The van der Waals surface area contributed by atoms with E-state index in [0.29, 0.717) is 10.6 Å². The molecule has 0 unspecified atom stereocenters. The number of carbonyl (C=O) groups is 1. The van der Waals surface area contributed by atoms with Crippen LogP contribution in [0.4, 0.5) is 10.7 Å². The molecule has 0 aliphatic heterocycles. The Kier molecular flexibility index (Phi) is 3.72. The first-order valence-corrected chi connectivity index (χ1v) is 8.16. The van der Waals surface area contributed by atoms with Gasteiger partial charge in [-0.2, -0.15) is 0 Å². The topological polar surface area (TPSA) is 55.1 Å². The number of hydrogen-bond donors (Lipinski definition) is 2. The molecular formula is C17H20N2OS. The zero-order valence-corrected chi connectivity index (χ0v) is 13.3. The largest absolute Gasteiger partial charge is 0.390 e. The summed E-state index contributed by atoms with van der Waals surface area (Å²) < 4.78 is 0. The van der Waals surface area contributed by atoms with Crippen molar-refractivity contribution in [2.24, 2.45) is 0 Å². The number of aryl methyl sites for hydroxylation is 3. The fourth-order valence-corrected chi connectivity index (χ4v) is 4.13. The summed E-state index contributed by atoms with van der Waals surface area (Å²) in [6.07, 6.45) is 4.37. The van der Waals surface area contributed by atoms with Crippen LogP contribution in [-0.4, -0.2) is 5.91 Å². The van der Waals surface area contributed by atoms with E-state index in [-0.39, 0.29) is 5.91 Å². The Morgan fingerprint density at radius 1 is 1.24 bits per heavy atom. The number of fused-ring (bicyclic) bond motifs is 1. The average Bonchev–Trinajstić information content (AvgIpc) is 2.77. The van der Waals surface area contributed by atoms with Gasteiger partial charge in [0.05, 0.1) is 10.6 Å². The molecule has 0 saturated heterocycles. The number of anilines is 2. The summed E-state index contributed by atoms with van der Waals surface area (Å²) in [6, 6.07) is 6.04. The van der Waals surface area contributed by atoms with Crippen LogP contribution < -0.4 is 11.1 Å².